The predicted molar refractivity (Wildman–Crippen MR) is 70.4 cm³/mol. The highest BCUT2D eigenvalue weighted by Gasteiger charge is 2.16. The third kappa shape index (κ3) is 4.10. The Kier molecular flexibility index (Phi) is 6.16. The summed E-state index contributed by atoms with van der Waals surface area (Å²) < 4.78 is 12.9. The lowest BCUT2D eigenvalue weighted by molar-refractivity contribution is 0.209. The number of hydrogen-bond donors (Lipinski definition) is 1. The van der Waals surface area contributed by atoms with Crippen molar-refractivity contribution >= 4 is 0 Å². The Labute approximate surface area is 104 Å². The number of rotatable bonds is 7. The molecule has 1 aromatic rings. The lowest BCUT2D eigenvalue weighted by atomic mass is 10.0. The monoisotopic (exact) mass is 238 g/mol. The van der Waals surface area contributed by atoms with Crippen molar-refractivity contribution < 1.29 is 4.39 Å². The normalized spacial score (nSPS) is 13.0. The Morgan fingerprint density at radius 1 is 1.24 bits per heavy atom. The summed E-state index contributed by atoms with van der Waals surface area (Å²) in [6.45, 7) is 6.92. The first kappa shape index (κ1) is 14.1. The summed E-state index contributed by atoms with van der Waals surface area (Å²) in [6.07, 6.45) is 2.35. The van der Waals surface area contributed by atoms with Crippen molar-refractivity contribution in [3.8, 4) is 0 Å². The van der Waals surface area contributed by atoms with Crippen LogP contribution in [0.4, 0.5) is 4.39 Å². The summed E-state index contributed by atoms with van der Waals surface area (Å²) in [5.41, 5.74) is 6.96. The van der Waals surface area contributed by atoms with Gasteiger partial charge in [-0.2, -0.15) is 0 Å². The number of likely N-dealkylation sites (N-methyl/N-ethyl adjacent to an activating group) is 1. The summed E-state index contributed by atoms with van der Waals surface area (Å²) in [5.74, 6) is -0.193. The van der Waals surface area contributed by atoms with Gasteiger partial charge in [0.25, 0.3) is 0 Å². The topological polar surface area (TPSA) is 29.3 Å². The number of nitrogens with two attached hydrogens (primary N) is 1. The van der Waals surface area contributed by atoms with Crippen LogP contribution in [-0.2, 0) is 0 Å². The minimum absolute atomic E-state index is 0.193. The van der Waals surface area contributed by atoms with E-state index in [1.165, 1.54) is 25.0 Å². The second kappa shape index (κ2) is 7.41. The highest BCUT2D eigenvalue weighted by atomic mass is 19.1. The van der Waals surface area contributed by atoms with E-state index in [-0.39, 0.29) is 11.9 Å². The van der Waals surface area contributed by atoms with Gasteiger partial charge in [0, 0.05) is 12.6 Å². The van der Waals surface area contributed by atoms with Crippen LogP contribution < -0.4 is 5.73 Å². The van der Waals surface area contributed by atoms with Gasteiger partial charge in [0.05, 0.1) is 0 Å². The van der Waals surface area contributed by atoms with Crippen LogP contribution in [0.5, 0.6) is 0 Å². The molecule has 1 unspecified atom stereocenters. The molecule has 2 N–H and O–H groups in total. The zero-order chi connectivity index (χ0) is 12.7. The van der Waals surface area contributed by atoms with Crippen LogP contribution in [0.2, 0.25) is 0 Å². The molecule has 1 atom stereocenters. The fourth-order valence-corrected chi connectivity index (χ4v) is 2.08. The third-order valence-electron chi connectivity index (χ3n) is 3.12. The summed E-state index contributed by atoms with van der Waals surface area (Å²) in [6, 6.07) is 6.88. The first-order valence-electron chi connectivity index (χ1n) is 6.42. The average Bonchev–Trinajstić information content (AvgIpc) is 2.36. The fourth-order valence-electron chi connectivity index (χ4n) is 2.08. The molecule has 0 aliphatic carbocycles. The fraction of sp³-hybridized carbons (Fsp3) is 0.571. The van der Waals surface area contributed by atoms with Crippen LogP contribution in [0, 0.1) is 5.82 Å². The van der Waals surface area contributed by atoms with Crippen LogP contribution >= 0.6 is 0 Å². The Morgan fingerprint density at radius 2 is 1.88 bits per heavy atom. The molecule has 0 heterocycles. The smallest absolute Gasteiger partial charge is 0.123 e. The maximum atomic E-state index is 12.9. The van der Waals surface area contributed by atoms with Gasteiger partial charge in [-0.3, -0.25) is 4.90 Å². The van der Waals surface area contributed by atoms with Gasteiger partial charge in [-0.05, 0) is 37.2 Å². The summed E-state index contributed by atoms with van der Waals surface area (Å²) in [7, 11) is 0. The zero-order valence-corrected chi connectivity index (χ0v) is 10.8. The van der Waals surface area contributed by atoms with Crippen LogP contribution in [0.25, 0.3) is 0 Å². The molecule has 2 nitrogen and oxygen atoms in total. The molecule has 0 radical (unpaired) electrons. The molecule has 17 heavy (non-hydrogen) atoms. The molecule has 0 saturated heterocycles. The lowest BCUT2D eigenvalue weighted by Gasteiger charge is -2.30. The first-order valence-corrected chi connectivity index (χ1v) is 6.42. The summed E-state index contributed by atoms with van der Waals surface area (Å²) in [4.78, 5) is 2.36. The van der Waals surface area contributed by atoms with Crippen LogP contribution in [0.15, 0.2) is 24.3 Å². The largest absolute Gasteiger partial charge is 0.329 e. The van der Waals surface area contributed by atoms with Crippen LogP contribution in [-0.4, -0.2) is 24.5 Å². The molecule has 1 aromatic carbocycles. The van der Waals surface area contributed by atoms with Crippen LogP contribution in [0.3, 0.4) is 0 Å². The van der Waals surface area contributed by atoms with Crippen molar-refractivity contribution in [2.24, 2.45) is 5.73 Å². The van der Waals surface area contributed by atoms with Crippen molar-refractivity contribution in [3.63, 3.8) is 0 Å². The highest BCUT2D eigenvalue weighted by Crippen LogP contribution is 2.20. The molecule has 96 valence electrons. The Balaban J connectivity index is 2.77. The average molecular weight is 238 g/mol. The number of halogens is 1. The highest BCUT2D eigenvalue weighted by molar-refractivity contribution is 5.20. The van der Waals surface area contributed by atoms with E-state index in [0.717, 1.165) is 18.7 Å². The minimum Gasteiger partial charge on any atom is -0.329 e. The molecule has 3 heteroatoms. The van der Waals surface area contributed by atoms with E-state index in [9.17, 15) is 4.39 Å². The van der Waals surface area contributed by atoms with Gasteiger partial charge in [0.2, 0.25) is 0 Å². The van der Waals surface area contributed by atoms with Gasteiger partial charge in [-0.15, -0.1) is 0 Å². The second-order valence-electron chi connectivity index (χ2n) is 4.29. The third-order valence-corrected chi connectivity index (χ3v) is 3.12. The van der Waals surface area contributed by atoms with Gasteiger partial charge in [-0.25, -0.2) is 4.39 Å². The molecule has 0 bridgehead atoms. The molecule has 0 spiro atoms. The summed E-state index contributed by atoms with van der Waals surface area (Å²) in [5, 5.41) is 0. The molecule has 0 aliphatic heterocycles. The van der Waals surface area contributed by atoms with Crippen molar-refractivity contribution in [1.29, 1.82) is 0 Å². The van der Waals surface area contributed by atoms with Gasteiger partial charge in [0.1, 0.15) is 5.82 Å². The Hall–Kier alpha value is -0.930. The Bertz CT molecular complexity index is 311. The molecule has 0 fully saturated rings. The number of benzene rings is 1. The molecule has 0 aromatic heterocycles. The number of unbranched alkanes of at least 4 members (excludes halogenated alkanes) is 1. The van der Waals surface area contributed by atoms with E-state index in [4.69, 9.17) is 5.73 Å². The van der Waals surface area contributed by atoms with E-state index in [1.54, 1.807) is 0 Å². The lowest BCUT2D eigenvalue weighted by Crippen LogP contribution is -2.34. The molecule has 0 saturated carbocycles. The maximum Gasteiger partial charge on any atom is 0.123 e. The molecular weight excluding hydrogens is 215 g/mol. The maximum absolute atomic E-state index is 12.9. The molecular formula is C14H23FN2. The van der Waals surface area contributed by atoms with Gasteiger partial charge < -0.3 is 5.73 Å². The van der Waals surface area contributed by atoms with Crippen molar-refractivity contribution in [3.05, 3.63) is 35.6 Å². The van der Waals surface area contributed by atoms with Gasteiger partial charge in [-0.1, -0.05) is 32.4 Å². The SMILES string of the molecule is CCCCN(CC)C(CN)c1ccc(F)cc1. The molecule has 0 aliphatic rings. The van der Waals surface area contributed by atoms with E-state index < -0.39 is 0 Å². The molecule has 0 amide bonds. The van der Waals surface area contributed by atoms with Crippen molar-refractivity contribution in [2.45, 2.75) is 32.7 Å². The number of nitrogens with zero attached hydrogens (tertiary/aromatic N) is 1. The second-order valence-corrected chi connectivity index (χ2v) is 4.29. The van der Waals surface area contributed by atoms with Gasteiger partial charge >= 0.3 is 0 Å². The van der Waals surface area contributed by atoms with E-state index in [1.807, 2.05) is 12.1 Å². The summed E-state index contributed by atoms with van der Waals surface area (Å²) >= 11 is 0. The molecule has 1 rings (SSSR count). The number of hydrogen-bond acceptors (Lipinski definition) is 2. The zero-order valence-electron chi connectivity index (χ0n) is 10.8. The van der Waals surface area contributed by atoms with Crippen molar-refractivity contribution in [1.82, 2.24) is 4.90 Å². The standard InChI is InChI=1S/C14H23FN2/c1-3-5-10-17(4-2)14(11-16)12-6-8-13(15)9-7-12/h6-9,14H,3-5,10-11,16H2,1-2H3. The minimum atomic E-state index is -0.193. The van der Waals surface area contributed by atoms with E-state index in [0.29, 0.717) is 6.54 Å². The predicted octanol–water partition coefficient (Wildman–Crippen LogP) is 2.95. The first-order chi connectivity index (χ1) is 8.22. The van der Waals surface area contributed by atoms with E-state index in [2.05, 4.69) is 18.7 Å². The van der Waals surface area contributed by atoms with E-state index >= 15 is 0 Å². The van der Waals surface area contributed by atoms with Crippen LogP contribution in [0.1, 0.15) is 38.3 Å². The Morgan fingerprint density at radius 3 is 2.35 bits per heavy atom. The van der Waals surface area contributed by atoms with Crippen molar-refractivity contribution in [2.75, 3.05) is 19.6 Å². The van der Waals surface area contributed by atoms with Gasteiger partial charge in [0.15, 0.2) is 0 Å². The quantitative estimate of drug-likeness (QED) is 0.791.